The lowest BCUT2D eigenvalue weighted by Gasteiger charge is -1.97. The summed E-state index contributed by atoms with van der Waals surface area (Å²) in [5.41, 5.74) is 1.08. The molecule has 0 spiro atoms. The van der Waals surface area contributed by atoms with E-state index in [1.807, 2.05) is 25.4 Å². The van der Waals surface area contributed by atoms with Crippen molar-refractivity contribution < 1.29 is 0 Å². The maximum Gasteiger partial charge on any atom is 0.0690 e. The van der Waals surface area contributed by atoms with Crippen LogP contribution in [0.3, 0.4) is 0 Å². The number of aryl methyl sites for hydroxylation is 1. The first-order chi connectivity index (χ1) is 4.74. The smallest absolute Gasteiger partial charge is 0.0690 e. The Balaban J connectivity index is 2.84. The minimum absolute atomic E-state index is 0.362. The number of hydrogen-bond acceptors (Lipinski definition) is 1. The molecule has 2 heteroatoms. The Morgan fingerprint density at radius 3 is 2.90 bits per heavy atom. The van der Waals surface area contributed by atoms with Crippen LogP contribution in [0.15, 0.2) is 24.9 Å². The fourth-order valence-corrected chi connectivity index (χ4v) is 0.797. The third-order valence-electron chi connectivity index (χ3n) is 1.55. The van der Waals surface area contributed by atoms with Gasteiger partial charge in [-0.15, -0.1) is 6.58 Å². The minimum atomic E-state index is 0.362. The molecule has 1 heterocycles. The molecule has 0 amide bonds. The van der Waals surface area contributed by atoms with Crippen LogP contribution in [-0.2, 0) is 7.05 Å². The molecule has 1 aromatic heterocycles. The van der Waals surface area contributed by atoms with E-state index in [2.05, 4.69) is 18.6 Å². The first-order valence-corrected chi connectivity index (χ1v) is 3.36. The maximum absolute atomic E-state index is 4.23. The predicted molar refractivity (Wildman–Crippen MR) is 41.8 cm³/mol. The van der Waals surface area contributed by atoms with Gasteiger partial charge in [0, 0.05) is 19.2 Å². The number of aromatic nitrogens is 2. The average Bonchev–Trinajstić information content (AvgIpc) is 2.34. The molecule has 0 fully saturated rings. The highest BCUT2D eigenvalue weighted by Crippen LogP contribution is 2.11. The van der Waals surface area contributed by atoms with E-state index in [1.165, 1.54) is 0 Å². The van der Waals surface area contributed by atoms with Crippen LogP contribution in [0.1, 0.15) is 18.5 Å². The number of nitrogens with zero attached hydrogens (tertiary/aromatic N) is 2. The zero-order chi connectivity index (χ0) is 7.56. The van der Waals surface area contributed by atoms with E-state index in [0.29, 0.717) is 5.92 Å². The van der Waals surface area contributed by atoms with Crippen molar-refractivity contribution >= 4 is 0 Å². The van der Waals surface area contributed by atoms with E-state index in [9.17, 15) is 0 Å². The molecule has 1 rings (SSSR count). The van der Waals surface area contributed by atoms with Crippen LogP contribution in [0, 0.1) is 0 Å². The summed E-state index contributed by atoms with van der Waals surface area (Å²) < 4.78 is 1.80. The summed E-state index contributed by atoms with van der Waals surface area (Å²) in [4.78, 5) is 0. The second kappa shape index (κ2) is 2.69. The molecular weight excluding hydrogens is 124 g/mol. The van der Waals surface area contributed by atoms with Gasteiger partial charge in [-0.3, -0.25) is 4.68 Å². The summed E-state index contributed by atoms with van der Waals surface area (Å²) in [7, 11) is 1.92. The SMILES string of the molecule is C=CC(C)c1ccn(C)n1. The quantitative estimate of drug-likeness (QED) is 0.566. The molecule has 0 aliphatic rings. The van der Waals surface area contributed by atoms with Gasteiger partial charge in [0.1, 0.15) is 0 Å². The highest BCUT2D eigenvalue weighted by atomic mass is 15.2. The van der Waals surface area contributed by atoms with Crippen LogP contribution in [0.2, 0.25) is 0 Å². The van der Waals surface area contributed by atoms with Crippen molar-refractivity contribution in [1.82, 2.24) is 9.78 Å². The van der Waals surface area contributed by atoms with Crippen molar-refractivity contribution in [2.45, 2.75) is 12.8 Å². The summed E-state index contributed by atoms with van der Waals surface area (Å²) in [5, 5.41) is 4.23. The van der Waals surface area contributed by atoms with Crippen molar-refractivity contribution in [3.8, 4) is 0 Å². The minimum Gasteiger partial charge on any atom is -0.276 e. The van der Waals surface area contributed by atoms with Gasteiger partial charge in [0.25, 0.3) is 0 Å². The summed E-state index contributed by atoms with van der Waals surface area (Å²) in [6, 6.07) is 2.01. The van der Waals surface area contributed by atoms with Gasteiger partial charge >= 0.3 is 0 Å². The second-order valence-corrected chi connectivity index (χ2v) is 2.44. The molecule has 0 N–H and O–H groups in total. The van der Waals surface area contributed by atoms with Gasteiger partial charge in [-0.05, 0) is 6.07 Å². The Hall–Kier alpha value is -1.05. The molecular formula is C8H12N2. The Kier molecular flexibility index (Phi) is 1.90. The second-order valence-electron chi connectivity index (χ2n) is 2.44. The van der Waals surface area contributed by atoms with E-state index >= 15 is 0 Å². The zero-order valence-corrected chi connectivity index (χ0v) is 6.41. The van der Waals surface area contributed by atoms with Gasteiger partial charge in [0.05, 0.1) is 5.69 Å². The molecule has 54 valence electrons. The topological polar surface area (TPSA) is 17.8 Å². The van der Waals surface area contributed by atoms with Crippen molar-refractivity contribution in [1.29, 1.82) is 0 Å². The molecule has 0 aliphatic carbocycles. The summed E-state index contributed by atoms with van der Waals surface area (Å²) in [5.74, 6) is 0.362. The third kappa shape index (κ3) is 1.26. The molecule has 0 saturated carbocycles. The Bertz CT molecular complexity index is 225. The van der Waals surface area contributed by atoms with Crippen molar-refractivity contribution in [2.75, 3.05) is 0 Å². The average molecular weight is 136 g/mol. The molecule has 1 atom stereocenters. The zero-order valence-electron chi connectivity index (χ0n) is 6.41. The van der Waals surface area contributed by atoms with Gasteiger partial charge in [0.15, 0.2) is 0 Å². The molecule has 0 radical (unpaired) electrons. The van der Waals surface area contributed by atoms with Crippen molar-refractivity contribution in [2.24, 2.45) is 7.05 Å². The molecule has 1 aromatic rings. The molecule has 0 bridgehead atoms. The highest BCUT2D eigenvalue weighted by molar-refractivity contribution is 5.10. The lowest BCUT2D eigenvalue weighted by molar-refractivity contribution is 0.731. The number of rotatable bonds is 2. The first kappa shape index (κ1) is 7.06. The van der Waals surface area contributed by atoms with Gasteiger partial charge in [-0.1, -0.05) is 13.0 Å². The van der Waals surface area contributed by atoms with E-state index < -0.39 is 0 Å². The van der Waals surface area contributed by atoms with E-state index in [4.69, 9.17) is 0 Å². The fraction of sp³-hybridized carbons (Fsp3) is 0.375. The molecule has 0 saturated heterocycles. The van der Waals surface area contributed by atoms with E-state index in [0.717, 1.165) is 5.69 Å². The lowest BCUT2D eigenvalue weighted by atomic mass is 10.1. The molecule has 0 aromatic carbocycles. The Labute approximate surface area is 61.2 Å². The summed E-state index contributed by atoms with van der Waals surface area (Å²) in [6.07, 6.45) is 3.83. The lowest BCUT2D eigenvalue weighted by Crippen LogP contribution is -1.93. The fourth-order valence-electron chi connectivity index (χ4n) is 0.797. The van der Waals surface area contributed by atoms with Crippen molar-refractivity contribution in [3.05, 3.63) is 30.6 Å². The van der Waals surface area contributed by atoms with Crippen LogP contribution in [0.25, 0.3) is 0 Å². The normalized spacial score (nSPS) is 13.0. The van der Waals surface area contributed by atoms with Gasteiger partial charge in [0.2, 0.25) is 0 Å². The van der Waals surface area contributed by atoms with Crippen molar-refractivity contribution in [3.63, 3.8) is 0 Å². The van der Waals surface area contributed by atoms with Crippen LogP contribution in [0.4, 0.5) is 0 Å². The monoisotopic (exact) mass is 136 g/mol. The van der Waals surface area contributed by atoms with Gasteiger partial charge in [-0.2, -0.15) is 5.10 Å². The van der Waals surface area contributed by atoms with E-state index in [1.54, 1.807) is 4.68 Å². The van der Waals surface area contributed by atoms with Crippen LogP contribution >= 0.6 is 0 Å². The highest BCUT2D eigenvalue weighted by Gasteiger charge is 2.01. The number of hydrogen-bond donors (Lipinski definition) is 0. The van der Waals surface area contributed by atoms with Gasteiger partial charge < -0.3 is 0 Å². The summed E-state index contributed by atoms with van der Waals surface area (Å²) in [6.45, 7) is 5.78. The third-order valence-corrected chi connectivity index (χ3v) is 1.55. The molecule has 0 aliphatic heterocycles. The molecule has 2 nitrogen and oxygen atoms in total. The molecule has 1 unspecified atom stereocenters. The summed E-state index contributed by atoms with van der Waals surface area (Å²) >= 11 is 0. The Morgan fingerprint density at radius 1 is 1.80 bits per heavy atom. The standard InChI is InChI=1S/C8H12N2/c1-4-7(2)8-5-6-10(3)9-8/h4-7H,1H2,2-3H3. The first-order valence-electron chi connectivity index (χ1n) is 3.36. The predicted octanol–water partition coefficient (Wildman–Crippen LogP) is 1.71. The maximum atomic E-state index is 4.23. The van der Waals surface area contributed by atoms with Crippen LogP contribution in [-0.4, -0.2) is 9.78 Å². The van der Waals surface area contributed by atoms with Crippen LogP contribution in [0.5, 0.6) is 0 Å². The molecule has 10 heavy (non-hydrogen) atoms. The number of allylic oxidation sites excluding steroid dienone is 1. The van der Waals surface area contributed by atoms with Gasteiger partial charge in [-0.25, -0.2) is 0 Å². The largest absolute Gasteiger partial charge is 0.276 e. The van der Waals surface area contributed by atoms with Crippen LogP contribution < -0.4 is 0 Å². The Morgan fingerprint density at radius 2 is 2.50 bits per heavy atom. The van der Waals surface area contributed by atoms with E-state index in [-0.39, 0.29) is 0 Å².